The summed E-state index contributed by atoms with van der Waals surface area (Å²) in [5, 5.41) is 11.3. The summed E-state index contributed by atoms with van der Waals surface area (Å²) >= 11 is 5.68. The van der Waals surface area contributed by atoms with Crippen LogP contribution in [0.1, 0.15) is 10.4 Å². The number of carbonyl (C=O) groups is 1. The van der Waals surface area contributed by atoms with Crippen LogP contribution in [-0.2, 0) is 0 Å². The van der Waals surface area contributed by atoms with Gasteiger partial charge in [0.2, 0.25) is 5.95 Å². The van der Waals surface area contributed by atoms with Crippen LogP contribution in [0.2, 0.25) is 5.02 Å². The molecule has 1 heterocycles. The molecular formula is C11H8ClFN4O2. The van der Waals surface area contributed by atoms with Gasteiger partial charge in [-0.05, 0) is 18.2 Å². The number of halogens is 2. The number of nitrogen functional groups attached to an aromatic ring is 1. The molecule has 0 aliphatic rings. The monoisotopic (exact) mass is 282 g/mol. The number of aromatic nitrogens is 2. The van der Waals surface area contributed by atoms with Crippen LogP contribution in [0.15, 0.2) is 24.5 Å². The van der Waals surface area contributed by atoms with Crippen molar-refractivity contribution in [3.8, 4) is 0 Å². The lowest BCUT2D eigenvalue weighted by Crippen LogP contribution is -2.04. The molecule has 1 aromatic heterocycles. The quantitative estimate of drug-likeness (QED) is 0.590. The highest BCUT2D eigenvalue weighted by Crippen LogP contribution is 2.26. The molecule has 0 atom stereocenters. The molecule has 1 aromatic carbocycles. The first kappa shape index (κ1) is 13.0. The summed E-state index contributed by atoms with van der Waals surface area (Å²) in [6, 6.07) is 4.18. The lowest BCUT2D eigenvalue weighted by Gasteiger charge is -2.09. The van der Waals surface area contributed by atoms with Gasteiger partial charge in [0.25, 0.3) is 0 Å². The van der Waals surface area contributed by atoms with Crippen LogP contribution < -0.4 is 11.1 Å². The fraction of sp³-hybridized carbons (Fsp3) is 0. The van der Waals surface area contributed by atoms with Crippen LogP contribution in [0, 0.1) is 5.95 Å². The molecule has 0 saturated carbocycles. The Balaban J connectivity index is 2.32. The van der Waals surface area contributed by atoms with Crippen LogP contribution in [0.25, 0.3) is 0 Å². The van der Waals surface area contributed by atoms with Crippen LogP contribution >= 0.6 is 11.6 Å². The second kappa shape index (κ2) is 5.07. The van der Waals surface area contributed by atoms with E-state index < -0.39 is 11.9 Å². The zero-order valence-corrected chi connectivity index (χ0v) is 10.1. The molecule has 98 valence electrons. The number of carboxylic acid groups (broad SMARTS) is 1. The molecule has 8 heteroatoms. The molecule has 0 bridgehead atoms. The van der Waals surface area contributed by atoms with Crippen molar-refractivity contribution in [1.82, 2.24) is 9.97 Å². The number of benzene rings is 1. The minimum atomic E-state index is -1.13. The molecule has 0 aliphatic heterocycles. The van der Waals surface area contributed by atoms with Gasteiger partial charge >= 0.3 is 5.97 Å². The van der Waals surface area contributed by atoms with Gasteiger partial charge in [0.1, 0.15) is 11.3 Å². The van der Waals surface area contributed by atoms with E-state index in [2.05, 4.69) is 15.3 Å². The van der Waals surface area contributed by atoms with E-state index >= 15 is 0 Å². The Morgan fingerprint density at radius 1 is 1.42 bits per heavy atom. The highest BCUT2D eigenvalue weighted by Gasteiger charge is 2.11. The fourth-order valence-electron chi connectivity index (χ4n) is 1.41. The first-order chi connectivity index (χ1) is 8.99. The van der Waals surface area contributed by atoms with Gasteiger partial charge in [0.15, 0.2) is 5.82 Å². The minimum Gasteiger partial charge on any atom is -0.478 e. The Bertz CT molecular complexity index is 651. The van der Waals surface area contributed by atoms with E-state index in [4.69, 9.17) is 22.4 Å². The number of rotatable bonds is 3. The summed E-state index contributed by atoms with van der Waals surface area (Å²) in [6.07, 6.45) is 1.01. The fourth-order valence-corrected chi connectivity index (χ4v) is 1.55. The number of nitrogens with one attached hydrogen (secondary N) is 1. The molecule has 0 fully saturated rings. The maximum Gasteiger partial charge on any atom is 0.337 e. The number of nitrogens with two attached hydrogens (primary N) is 1. The second-order valence-corrected chi connectivity index (χ2v) is 3.94. The Labute approximate surface area is 112 Å². The molecule has 19 heavy (non-hydrogen) atoms. The molecule has 0 aliphatic carbocycles. The standard InChI is InChI=1S/C11H8ClFN4O2/c12-8-9(13)15-4-16-10(8)17-5-1-2-6(11(18)19)7(14)3-5/h1-4H,14H2,(H,18,19)(H,15,16,17). The van der Waals surface area contributed by atoms with Gasteiger partial charge in [-0.1, -0.05) is 11.6 Å². The first-order valence-electron chi connectivity index (χ1n) is 5.05. The average Bonchev–Trinajstić information content (AvgIpc) is 2.34. The third-order valence-corrected chi connectivity index (χ3v) is 2.63. The number of aromatic carboxylic acids is 1. The highest BCUT2D eigenvalue weighted by molar-refractivity contribution is 6.33. The van der Waals surface area contributed by atoms with Gasteiger partial charge in [-0.25, -0.2) is 14.8 Å². The molecule has 0 radical (unpaired) electrons. The van der Waals surface area contributed by atoms with E-state index in [-0.39, 0.29) is 22.1 Å². The zero-order valence-electron chi connectivity index (χ0n) is 9.39. The van der Waals surface area contributed by atoms with Gasteiger partial charge in [0.05, 0.1) is 5.56 Å². The Morgan fingerprint density at radius 3 is 2.79 bits per heavy atom. The highest BCUT2D eigenvalue weighted by atomic mass is 35.5. The largest absolute Gasteiger partial charge is 0.478 e. The molecule has 2 aromatic rings. The van der Waals surface area contributed by atoms with Crippen molar-refractivity contribution in [1.29, 1.82) is 0 Å². The maximum absolute atomic E-state index is 13.1. The van der Waals surface area contributed by atoms with Crippen LogP contribution in [0.5, 0.6) is 0 Å². The first-order valence-corrected chi connectivity index (χ1v) is 5.42. The Morgan fingerprint density at radius 2 is 2.16 bits per heavy atom. The predicted octanol–water partition coefficient (Wildman–Crippen LogP) is 2.29. The zero-order chi connectivity index (χ0) is 14.0. The van der Waals surface area contributed by atoms with E-state index in [1.165, 1.54) is 18.2 Å². The van der Waals surface area contributed by atoms with E-state index in [9.17, 15) is 9.18 Å². The van der Waals surface area contributed by atoms with Gasteiger partial charge in [-0.2, -0.15) is 4.39 Å². The third kappa shape index (κ3) is 2.71. The number of nitrogens with zero attached hydrogens (tertiary/aromatic N) is 2. The number of anilines is 3. The van der Waals surface area contributed by atoms with Gasteiger partial charge in [0, 0.05) is 11.4 Å². The molecule has 4 N–H and O–H groups in total. The number of carboxylic acids is 1. The van der Waals surface area contributed by atoms with Gasteiger partial charge in [-0.15, -0.1) is 0 Å². The minimum absolute atomic E-state index is 0.0227. The Kier molecular flexibility index (Phi) is 3.48. The van der Waals surface area contributed by atoms with Crippen molar-refractivity contribution in [2.24, 2.45) is 0 Å². The molecule has 6 nitrogen and oxygen atoms in total. The van der Waals surface area contributed by atoms with E-state index in [1.54, 1.807) is 0 Å². The summed E-state index contributed by atoms with van der Waals surface area (Å²) in [5.74, 6) is -1.92. The Hall–Kier alpha value is -2.41. The summed E-state index contributed by atoms with van der Waals surface area (Å²) < 4.78 is 13.1. The smallest absolute Gasteiger partial charge is 0.337 e. The number of hydrogen-bond donors (Lipinski definition) is 3. The molecule has 0 saturated heterocycles. The second-order valence-electron chi connectivity index (χ2n) is 3.56. The SMILES string of the molecule is Nc1cc(Nc2ncnc(F)c2Cl)ccc1C(=O)O. The molecule has 0 amide bonds. The van der Waals surface area contributed by atoms with E-state index in [0.717, 1.165) is 6.33 Å². The van der Waals surface area contributed by atoms with Crippen molar-refractivity contribution in [2.75, 3.05) is 11.1 Å². The van der Waals surface area contributed by atoms with Crippen molar-refractivity contribution in [3.05, 3.63) is 41.1 Å². The van der Waals surface area contributed by atoms with Crippen molar-refractivity contribution < 1.29 is 14.3 Å². The van der Waals surface area contributed by atoms with Crippen LogP contribution in [0.3, 0.4) is 0 Å². The summed E-state index contributed by atoms with van der Waals surface area (Å²) in [4.78, 5) is 17.9. The molecule has 2 rings (SSSR count). The number of hydrogen-bond acceptors (Lipinski definition) is 5. The van der Waals surface area contributed by atoms with Crippen molar-refractivity contribution in [2.45, 2.75) is 0 Å². The lowest BCUT2D eigenvalue weighted by atomic mass is 10.1. The van der Waals surface area contributed by atoms with Gasteiger partial charge in [-0.3, -0.25) is 0 Å². The maximum atomic E-state index is 13.1. The molecule has 0 spiro atoms. The van der Waals surface area contributed by atoms with Crippen molar-refractivity contribution >= 4 is 34.8 Å². The van der Waals surface area contributed by atoms with Gasteiger partial charge < -0.3 is 16.2 Å². The molecule has 0 unspecified atom stereocenters. The van der Waals surface area contributed by atoms with E-state index in [1.807, 2.05) is 0 Å². The average molecular weight is 283 g/mol. The summed E-state index contributed by atoms with van der Waals surface area (Å²) in [6.45, 7) is 0. The van der Waals surface area contributed by atoms with Crippen molar-refractivity contribution in [3.63, 3.8) is 0 Å². The predicted molar refractivity (Wildman–Crippen MR) is 68.1 cm³/mol. The summed E-state index contributed by atoms with van der Waals surface area (Å²) in [7, 11) is 0. The summed E-state index contributed by atoms with van der Waals surface area (Å²) in [5.41, 5.74) is 6.07. The van der Waals surface area contributed by atoms with Crippen LogP contribution in [-0.4, -0.2) is 21.0 Å². The van der Waals surface area contributed by atoms with Crippen LogP contribution in [0.4, 0.5) is 21.6 Å². The lowest BCUT2D eigenvalue weighted by molar-refractivity contribution is 0.0698. The van der Waals surface area contributed by atoms with E-state index in [0.29, 0.717) is 5.69 Å². The normalized spacial score (nSPS) is 10.2. The molecular weight excluding hydrogens is 275 g/mol. The third-order valence-electron chi connectivity index (χ3n) is 2.29. The topological polar surface area (TPSA) is 101 Å².